The highest BCUT2D eigenvalue weighted by molar-refractivity contribution is 8.00. The minimum absolute atomic E-state index is 0.178. The molecule has 1 atom stereocenters. The highest BCUT2D eigenvalue weighted by Crippen LogP contribution is 2.22. The van der Waals surface area contributed by atoms with Crippen molar-refractivity contribution in [2.24, 2.45) is 0 Å². The minimum atomic E-state index is -0.238. The van der Waals surface area contributed by atoms with E-state index in [0.717, 1.165) is 54.1 Å². The molecule has 4 rings (SSSR count). The van der Waals surface area contributed by atoms with E-state index in [1.54, 1.807) is 11.8 Å². The number of carbonyl (C=O) groups excluding carboxylic acids is 1. The van der Waals surface area contributed by atoms with E-state index in [-0.39, 0.29) is 11.2 Å². The number of carbonyl (C=O) groups is 1. The third-order valence-electron chi connectivity index (χ3n) is 6.93. The molecule has 0 aliphatic rings. The molecule has 0 aliphatic heterocycles. The zero-order chi connectivity index (χ0) is 28.7. The Balaban J connectivity index is 1.22. The van der Waals surface area contributed by atoms with Gasteiger partial charge in [0, 0.05) is 6.42 Å². The smallest absolute Gasteiger partial charge is 0.319 e. The van der Waals surface area contributed by atoms with Gasteiger partial charge in [-0.05, 0) is 71.0 Å². The zero-order valence-corrected chi connectivity index (χ0v) is 24.9. The quantitative estimate of drug-likeness (QED) is 0.129. The summed E-state index contributed by atoms with van der Waals surface area (Å²) in [7, 11) is 1.46. The number of rotatable bonds is 16. The van der Waals surface area contributed by atoms with E-state index < -0.39 is 0 Å². The van der Waals surface area contributed by atoms with Gasteiger partial charge in [0.15, 0.2) is 0 Å². The first kappa shape index (κ1) is 30.3. The van der Waals surface area contributed by atoms with E-state index in [2.05, 4.69) is 73.7 Å². The maximum atomic E-state index is 12.5. The second-order valence-corrected chi connectivity index (χ2v) is 11.3. The number of methoxy groups -OCH3 is 1. The van der Waals surface area contributed by atoms with Crippen LogP contribution < -0.4 is 9.47 Å². The monoisotopic (exact) mass is 568 g/mol. The van der Waals surface area contributed by atoms with Crippen LogP contribution in [0.25, 0.3) is 0 Å². The lowest BCUT2D eigenvalue weighted by Crippen LogP contribution is -2.22. The molecule has 0 aromatic heterocycles. The molecular weight excluding hydrogens is 528 g/mol. The number of aryl methyl sites for hydroxylation is 2. The molecular formula is C36H40O4S. The van der Waals surface area contributed by atoms with Crippen LogP contribution in [0.1, 0.15) is 41.2 Å². The van der Waals surface area contributed by atoms with Crippen LogP contribution in [0, 0.1) is 0 Å². The number of hydrogen-bond donors (Lipinski definition) is 0. The standard InChI is InChI=1S/C36H40O4S/c1-3-9-32-12-7-8-13-34(32)39-24-22-28-14-16-30(17-15-28)26-35(36(37)38-2)41-25-23-29-18-20-33(21-19-29)40-27-31-10-5-4-6-11-31/h4-8,10-21,35H,3,9,22-27H2,1-2H3. The topological polar surface area (TPSA) is 44.8 Å². The van der Waals surface area contributed by atoms with Crippen molar-refractivity contribution in [2.75, 3.05) is 19.5 Å². The molecule has 0 saturated carbocycles. The predicted octanol–water partition coefficient (Wildman–Crippen LogP) is 7.90. The van der Waals surface area contributed by atoms with Crippen molar-refractivity contribution in [1.29, 1.82) is 0 Å². The van der Waals surface area contributed by atoms with Gasteiger partial charge in [0.2, 0.25) is 0 Å². The van der Waals surface area contributed by atoms with Gasteiger partial charge < -0.3 is 14.2 Å². The van der Waals surface area contributed by atoms with Gasteiger partial charge >= 0.3 is 5.97 Å². The second kappa shape index (κ2) is 16.5. The summed E-state index contributed by atoms with van der Waals surface area (Å²) in [4.78, 5) is 12.5. The highest BCUT2D eigenvalue weighted by atomic mass is 32.2. The van der Waals surface area contributed by atoms with Gasteiger partial charge in [-0.15, -0.1) is 11.8 Å². The zero-order valence-electron chi connectivity index (χ0n) is 24.1. The van der Waals surface area contributed by atoms with Crippen molar-refractivity contribution in [1.82, 2.24) is 0 Å². The van der Waals surface area contributed by atoms with Crippen molar-refractivity contribution in [3.63, 3.8) is 0 Å². The van der Waals surface area contributed by atoms with Crippen LogP contribution in [0.2, 0.25) is 0 Å². The van der Waals surface area contributed by atoms with Crippen molar-refractivity contribution in [3.8, 4) is 11.5 Å². The van der Waals surface area contributed by atoms with Crippen molar-refractivity contribution >= 4 is 17.7 Å². The molecule has 214 valence electrons. The SMILES string of the molecule is CCCc1ccccc1OCCc1ccc(CC(SCCc2ccc(OCc3ccccc3)cc2)C(=O)OC)cc1. The molecule has 0 bridgehead atoms. The lowest BCUT2D eigenvalue weighted by molar-refractivity contribution is -0.139. The number of hydrogen-bond acceptors (Lipinski definition) is 5. The fraction of sp³-hybridized carbons (Fsp3) is 0.306. The number of esters is 1. The third-order valence-corrected chi connectivity index (χ3v) is 8.13. The molecule has 0 spiro atoms. The van der Waals surface area contributed by atoms with Gasteiger partial charge in [0.05, 0.1) is 13.7 Å². The fourth-order valence-electron chi connectivity index (χ4n) is 4.61. The summed E-state index contributed by atoms with van der Waals surface area (Å²) in [5.41, 5.74) is 5.99. The molecule has 4 nitrogen and oxygen atoms in total. The first-order valence-corrected chi connectivity index (χ1v) is 15.4. The molecule has 4 aromatic carbocycles. The molecule has 0 aliphatic carbocycles. The van der Waals surface area contributed by atoms with Crippen molar-refractivity contribution in [2.45, 2.75) is 50.9 Å². The Morgan fingerprint density at radius 2 is 1.37 bits per heavy atom. The summed E-state index contributed by atoms with van der Waals surface area (Å²) in [5, 5.41) is -0.238. The van der Waals surface area contributed by atoms with E-state index >= 15 is 0 Å². The van der Waals surface area contributed by atoms with Crippen LogP contribution in [0.4, 0.5) is 0 Å². The molecule has 0 amide bonds. The summed E-state index contributed by atoms with van der Waals surface area (Å²) >= 11 is 1.65. The Labute approximate surface area is 249 Å². The Hall–Kier alpha value is -3.70. The highest BCUT2D eigenvalue weighted by Gasteiger charge is 2.20. The average molecular weight is 569 g/mol. The normalized spacial score (nSPS) is 11.6. The maximum Gasteiger partial charge on any atom is 0.319 e. The summed E-state index contributed by atoms with van der Waals surface area (Å²) in [6.45, 7) is 3.38. The summed E-state index contributed by atoms with van der Waals surface area (Å²) in [5.74, 6) is 2.49. The summed E-state index contributed by atoms with van der Waals surface area (Å²) in [6.07, 6.45) is 4.49. The molecule has 0 radical (unpaired) electrons. The Morgan fingerprint density at radius 1 is 0.707 bits per heavy atom. The average Bonchev–Trinajstić information content (AvgIpc) is 3.02. The van der Waals surface area contributed by atoms with Gasteiger partial charge in [0.1, 0.15) is 23.4 Å². The lowest BCUT2D eigenvalue weighted by atomic mass is 10.1. The molecule has 0 N–H and O–H groups in total. The van der Waals surface area contributed by atoms with Gasteiger partial charge in [-0.1, -0.05) is 98.3 Å². The molecule has 0 fully saturated rings. The predicted molar refractivity (Wildman–Crippen MR) is 169 cm³/mol. The van der Waals surface area contributed by atoms with Gasteiger partial charge in [0.25, 0.3) is 0 Å². The second-order valence-electron chi connectivity index (χ2n) is 10.0. The maximum absolute atomic E-state index is 12.5. The first-order chi connectivity index (χ1) is 20.1. The van der Waals surface area contributed by atoms with E-state index in [9.17, 15) is 4.79 Å². The molecule has 1 unspecified atom stereocenters. The number of benzene rings is 4. The van der Waals surface area contributed by atoms with Gasteiger partial charge in [-0.25, -0.2) is 0 Å². The summed E-state index contributed by atoms with van der Waals surface area (Å²) in [6, 6.07) is 35.2. The van der Waals surface area contributed by atoms with Crippen molar-refractivity contribution < 1.29 is 19.0 Å². The van der Waals surface area contributed by atoms with E-state index in [1.165, 1.54) is 23.8 Å². The largest absolute Gasteiger partial charge is 0.493 e. The van der Waals surface area contributed by atoms with Crippen LogP contribution >= 0.6 is 11.8 Å². The van der Waals surface area contributed by atoms with Crippen LogP contribution in [0.15, 0.2) is 103 Å². The van der Waals surface area contributed by atoms with Crippen LogP contribution in [-0.4, -0.2) is 30.7 Å². The van der Waals surface area contributed by atoms with E-state index in [1.807, 2.05) is 36.4 Å². The molecule has 5 heteroatoms. The Morgan fingerprint density at radius 3 is 2.10 bits per heavy atom. The van der Waals surface area contributed by atoms with Crippen LogP contribution in [0.5, 0.6) is 11.5 Å². The molecule has 0 heterocycles. The van der Waals surface area contributed by atoms with Crippen LogP contribution in [0.3, 0.4) is 0 Å². The first-order valence-electron chi connectivity index (χ1n) is 14.4. The number of para-hydroxylation sites is 1. The summed E-state index contributed by atoms with van der Waals surface area (Å²) < 4.78 is 17.1. The number of ether oxygens (including phenoxy) is 3. The number of thioether (sulfide) groups is 1. The van der Waals surface area contributed by atoms with E-state index in [4.69, 9.17) is 14.2 Å². The van der Waals surface area contributed by atoms with Gasteiger partial charge in [-0.3, -0.25) is 4.79 Å². The van der Waals surface area contributed by atoms with Gasteiger partial charge in [-0.2, -0.15) is 0 Å². The molecule has 0 saturated heterocycles. The lowest BCUT2D eigenvalue weighted by Gasteiger charge is -2.15. The van der Waals surface area contributed by atoms with Crippen LogP contribution in [-0.2, 0) is 41.8 Å². The fourth-order valence-corrected chi connectivity index (χ4v) is 5.79. The Kier molecular flexibility index (Phi) is 12.2. The third kappa shape index (κ3) is 10.0. The van der Waals surface area contributed by atoms with Crippen molar-refractivity contribution in [3.05, 3.63) is 131 Å². The minimum Gasteiger partial charge on any atom is -0.493 e. The molecule has 4 aromatic rings. The Bertz CT molecular complexity index is 1320. The van der Waals surface area contributed by atoms with E-state index in [0.29, 0.717) is 19.6 Å². The molecule has 41 heavy (non-hydrogen) atoms.